The molecule has 5 aliphatic rings. The third-order valence-corrected chi connectivity index (χ3v) is 29.3. The number of hydrogen-bond donors (Lipinski definition) is 4. The Morgan fingerprint density at radius 3 is 1.17 bits per heavy atom. The predicted molar refractivity (Wildman–Crippen MR) is 570 cm³/mol. The van der Waals surface area contributed by atoms with Crippen LogP contribution in [-0.4, -0.2) is 111 Å². The van der Waals surface area contributed by atoms with Gasteiger partial charge in [-0.3, -0.25) is 25.1 Å². The van der Waals surface area contributed by atoms with Crippen LogP contribution in [0.25, 0.3) is 0 Å². The number of nitrogens with one attached hydrogen (secondary N) is 4. The van der Waals surface area contributed by atoms with Crippen molar-refractivity contribution in [3.8, 4) is 0 Å². The van der Waals surface area contributed by atoms with E-state index in [-0.39, 0.29) is 49.9 Å². The molecule has 7 heterocycles. The van der Waals surface area contributed by atoms with Crippen LogP contribution in [0, 0.1) is 56.9 Å². The lowest BCUT2D eigenvalue weighted by Crippen LogP contribution is -2.46. The van der Waals surface area contributed by atoms with Crippen LogP contribution in [0.1, 0.15) is 357 Å². The molecule has 13 rings (SSSR count). The summed E-state index contributed by atoms with van der Waals surface area (Å²) < 4.78 is 43.9. The Labute approximate surface area is 816 Å². The van der Waals surface area contributed by atoms with Crippen molar-refractivity contribution in [1.29, 1.82) is 0 Å². The monoisotopic (exact) mass is 1840 g/mol. The second-order valence-corrected chi connectivity index (χ2v) is 48.8. The molecule has 8 aromatic rings. The molecule has 4 fully saturated rings. The van der Waals surface area contributed by atoms with Crippen molar-refractivity contribution in [2.24, 2.45) is 51.7 Å². The van der Waals surface area contributed by atoms with Gasteiger partial charge in [0.25, 0.3) is 0 Å². The largest absolute Gasteiger partial charge is 0.337 e. The van der Waals surface area contributed by atoms with Crippen molar-refractivity contribution in [3.63, 3.8) is 0 Å². The summed E-state index contributed by atoms with van der Waals surface area (Å²) in [4.78, 5) is 20.4. The molecule has 3 aromatic heterocycles. The van der Waals surface area contributed by atoms with E-state index >= 15 is 0 Å². The molecular formula is C118H188F3N13. The van der Waals surface area contributed by atoms with Gasteiger partial charge < -0.3 is 25.1 Å². The van der Waals surface area contributed by atoms with Gasteiger partial charge in [-0.05, 0) is 294 Å². The minimum absolute atomic E-state index is 0.106. The topological polar surface area (TPSA) is 119 Å². The number of benzene rings is 5. The van der Waals surface area contributed by atoms with E-state index in [1.165, 1.54) is 161 Å². The highest BCUT2D eigenvalue weighted by atomic mass is 19.1. The van der Waals surface area contributed by atoms with Gasteiger partial charge >= 0.3 is 0 Å². The first kappa shape index (κ1) is 117. The number of nitrogens with zero attached hydrogens (tertiary/aromatic N) is 9. The molecule has 746 valence electrons. The lowest BCUT2D eigenvalue weighted by molar-refractivity contribution is 0.0187. The van der Waals surface area contributed by atoms with Crippen LogP contribution in [0.4, 0.5) is 13.2 Å². The molecule has 0 unspecified atom stereocenters. The van der Waals surface area contributed by atoms with Gasteiger partial charge in [0.15, 0.2) is 0 Å². The summed E-state index contributed by atoms with van der Waals surface area (Å²) in [7, 11) is 9.90. The van der Waals surface area contributed by atoms with Gasteiger partial charge in [-0.25, -0.2) is 23.1 Å². The fourth-order valence-electron chi connectivity index (χ4n) is 17.0. The van der Waals surface area contributed by atoms with Gasteiger partial charge in [-0.15, -0.1) is 0 Å². The van der Waals surface area contributed by atoms with Crippen LogP contribution >= 0.6 is 0 Å². The SMILES string of the molecule is C=C1C=CC(CN2CCC(C)(C(C)(C)C)CC2)=NN1.CC(C)(C)c1ccc(C2CCCCC2)cc1.CC(C)(C)c1ccc(F)cc1.CC(C)(C)c1ccncc1.CNCc1ccc(C(C)(C)C)c(F)c1.CNCc1ccc(C(C)(C)C)cc1.CNCc1ccc(F)c(C(C)(C)C)c1.Cc1ncc(CN2CCC(C)(C(C)(C)C)CC2)n1C.Cn1ccnc1CN1CCC(C)(C(C)(C)C)CC1. The first-order valence-electron chi connectivity index (χ1n) is 50.1. The van der Waals surface area contributed by atoms with E-state index in [0.29, 0.717) is 39.0 Å². The molecule has 134 heavy (non-hydrogen) atoms. The standard InChI is InChI=1S/C16H29N3.C16H27N3.C16H24.C15H27N3.2C12H18FN.C12H19N.C10H13F.C9H13N/c1-13-17-11-14(18(13)6)12-19-9-7-16(5,8-10-19)15(2,3)4;1-13-6-7-14(18-17-13)12-19-10-8-16(5,9-11-19)15(2,3)4;1-16(2,3)15-11-9-14(10-12-15)13-7-5-4-6-8-13;1-14(2,3)15(4)6-9-18(10-7-15)12-13-16-8-11-17(13)5;1-12(2,3)10-7-9(8-14-4)5-6-11(10)13;1-12(2,3)10-6-5-9(8-14-4)7-11(10)13;1-12(2,3)11-7-5-10(6-8-11)9-13-4;1-10(2,3)8-4-6-9(11)7-5-8;1-9(2,3)8-4-6-10-7-5-8/h11H,7-10,12H2,1-6H3;6-7,17H,1,8-12H2,2-5H3;9-13H,4-8H2,1-3H3;8,11H,6-7,9-10,12H2,1-5H3;2*5-7,14H,8H2,1-4H3;5-8,13H,9H2,1-4H3;4-7H,1-3H3;4-7H,1-3H3. The number of hydrogen-bond acceptors (Lipinski definition) is 11. The molecule has 0 atom stereocenters. The lowest BCUT2D eigenvalue weighted by Gasteiger charge is -2.48. The number of rotatable bonds is 13. The second kappa shape index (κ2) is 51.2. The zero-order chi connectivity index (χ0) is 101. The van der Waals surface area contributed by atoms with Crippen molar-refractivity contribution in [1.82, 2.24) is 60.2 Å². The van der Waals surface area contributed by atoms with Gasteiger partial charge in [0.05, 0.1) is 18.0 Å². The number of pyridine rings is 1. The smallest absolute Gasteiger partial charge is 0.127 e. The number of halogens is 3. The Bertz CT molecular complexity index is 4780. The average Bonchev–Trinajstić information content (AvgIpc) is 1.31. The minimum Gasteiger partial charge on any atom is -0.337 e. The summed E-state index contributed by atoms with van der Waals surface area (Å²) >= 11 is 0. The lowest BCUT2D eigenvalue weighted by atomic mass is 9.63. The summed E-state index contributed by atoms with van der Waals surface area (Å²) in [6, 6.07) is 39.7. The highest BCUT2D eigenvalue weighted by molar-refractivity contribution is 5.97. The first-order chi connectivity index (χ1) is 62.0. The van der Waals surface area contributed by atoms with Crippen molar-refractivity contribution in [2.75, 3.05) is 67.0 Å². The Balaban J connectivity index is 0.000000268. The third-order valence-electron chi connectivity index (χ3n) is 29.3. The molecule has 0 radical (unpaired) electrons. The maximum Gasteiger partial charge on any atom is 0.127 e. The maximum absolute atomic E-state index is 13.6. The second-order valence-electron chi connectivity index (χ2n) is 48.8. The fourth-order valence-corrected chi connectivity index (χ4v) is 17.0. The van der Waals surface area contributed by atoms with Crippen molar-refractivity contribution in [3.05, 3.63) is 267 Å². The molecule has 5 aromatic carbocycles. The quantitative estimate of drug-likeness (QED) is 0.0889. The molecule has 1 aliphatic carbocycles. The number of likely N-dealkylation sites (tertiary alicyclic amines) is 3. The van der Waals surface area contributed by atoms with Crippen molar-refractivity contribution in [2.45, 2.75) is 356 Å². The van der Waals surface area contributed by atoms with Crippen molar-refractivity contribution >= 4 is 5.71 Å². The number of allylic oxidation sites excluding steroid dienone is 1. The molecule has 16 heteroatoms. The Morgan fingerprint density at radius 2 is 0.806 bits per heavy atom. The average molecular weight is 1850 g/mol. The van der Waals surface area contributed by atoms with Gasteiger partial charge in [0, 0.05) is 83.5 Å². The Kier molecular flexibility index (Phi) is 44.6. The Morgan fingerprint density at radius 1 is 0.418 bits per heavy atom. The number of imidazole rings is 2. The van der Waals surface area contributed by atoms with E-state index < -0.39 is 0 Å². The molecule has 0 bridgehead atoms. The molecule has 0 amide bonds. The first-order valence-corrected chi connectivity index (χ1v) is 50.1. The predicted octanol–water partition coefficient (Wildman–Crippen LogP) is 28.5. The van der Waals surface area contributed by atoms with E-state index in [4.69, 9.17) is 0 Å². The van der Waals surface area contributed by atoms with Gasteiger partial charge in [-0.2, -0.15) is 5.10 Å². The number of aryl methyl sites for hydroxylation is 2. The summed E-state index contributed by atoms with van der Waals surface area (Å²) in [5.74, 6) is 2.73. The number of hydrazone groups is 1. The van der Waals surface area contributed by atoms with Gasteiger partial charge in [0.2, 0.25) is 0 Å². The van der Waals surface area contributed by atoms with Crippen LogP contribution in [0.15, 0.2) is 182 Å². The number of aromatic nitrogens is 5. The highest BCUT2D eigenvalue weighted by Crippen LogP contribution is 2.49. The summed E-state index contributed by atoms with van der Waals surface area (Å²) in [6.45, 7) is 85.8. The highest BCUT2D eigenvalue weighted by Gasteiger charge is 2.43. The fraction of sp³-hybridized carbons (Fsp3) is 0.610. The van der Waals surface area contributed by atoms with Crippen LogP contribution in [0.3, 0.4) is 0 Å². The van der Waals surface area contributed by atoms with E-state index in [2.05, 4.69) is 326 Å². The zero-order valence-corrected chi connectivity index (χ0v) is 91.3. The minimum atomic E-state index is -0.169. The molecule has 0 spiro atoms. The normalized spacial score (nSPS) is 16.8. The van der Waals surface area contributed by atoms with Crippen LogP contribution in [-0.2, 0) is 79.3 Å². The van der Waals surface area contributed by atoms with Gasteiger partial charge in [0.1, 0.15) is 29.1 Å². The molecule has 4 aliphatic heterocycles. The third kappa shape index (κ3) is 38.5. The van der Waals surface area contributed by atoms with Crippen LogP contribution < -0.4 is 21.4 Å². The van der Waals surface area contributed by atoms with Crippen molar-refractivity contribution < 1.29 is 13.2 Å². The molecule has 13 nitrogen and oxygen atoms in total. The van der Waals surface area contributed by atoms with Crippen LogP contribution in [0.5, 0.6) is 0 Å². The maximum atomic E-state index is 13.6. The van der Waals surface area contributed by atoms with E-state index in [1.54, 1.807) is 17.7 Å². The number of piperidine rings is 3. The molecule has 1 saturated carbocycles. The van der Waals surface area contributed by atoms with Crippen LogP contribution in [0.2, 0.25) is 0 Å². The molecular weight excluding hydrogens is 1660 g/mol. The molecule has 3 saturated heterocycles. The zero-order valence-electron chi connectivity index (χ0n) is 91.3. The summed E-state index contributed by atoms with van der Waals surface area (Å²) in [5, 5.41) is 13.5. The summed E-state index contributed by atoms with van der Waals surface area (Å²) in [6.07, 6.45) is 28.5. The van der Waals surface area contributed by atoms with E-state index in [9.17, 15) is 13.2 Å². The summed E-state index contributed by atoms with van der Waals surface area (Å²) in [5.41, 5.74) is 21.4. The van der Waals surface area contributed by atoms with E-state index in [0.717, 1.165) is 78.1 Å². The molecule has 4 N–H and O–H groups in total. The Hall–Kier alpha value is -7.83. The van der Waals surface area contributed by atoms with E-state index in [1.807, 2.05) is 136 Å². The van der Waals surface area contributed by atoms with Gasteiger partial charge in [-0.1, -0.05) is 318 Å².